The first-order valence-corrected chi connectivity index (χ1v) is 8.88. The zero-order valence-electron chi connectivity index (χ0n) is 12.4. The summed E-state index contributed by atoms with van der Waals surface area (Å²) >= 11 is 2.10. The fourth-order valence-corrected chi connectivity index (χ4v) is 5.52. The maximum absolute atomic E-state index is 3.63. The van der Waals surface area contributed by atoms with Gasteiger partial charge in [0.2, 0.25) is 0 Å². The van der Waals surface area contributed by atoms with Crippen LogP contribution < -0.4 is 5.32 Å². The highest BCUT2D eigenvalue weighted by atomic mass is 32.1. The van der Waals surface area contributed by atoms with Crippen LogP contribution in [0.1, 0.15) is 66.8 Å². The number of hydrogen-bond donors (Lipinski definition) is 1. The normalized spacial score (nSPS) is 28.9. The topological polar surface area (TPSA) is 12.0 Å². The molecule has 3 atom stereocenters. The van der Waals surface area contributed by atoms with Crippen molar-refractivity contribution < 1.29 is 0 Å². The van der Waals surface area contributed by atoms with E-state index in [1.807, 2.05) is 0 Å². The first kappa shape index (κ1) is 13.6. The third kappa shape index (κ3) is 2.90. The van der Waals surface area contributed by atoms with E-state index < -0.39 is 0 Å². The fraction of sp³-hybridized carbons (Fsp3) is 0.765. The zero-order chi connectivity index (χ0) is 13.2. The summed E-state index contributed by atoms with van der Waals surface area (Å²) in [7, 11) is 2.16. The Bertz CT molecular complexity index is 399. The second-order valence-corrected chi connectivity index (χ2v) is 7.77. The van der Waals surface area contributed by atoms with Crippen LogP contribution in [0.25, 0.3) is 0 Å². The van der Waals surface area contributed by atoms with E-state index in [-0.39, 0.29) is 0 Å². The van der Waals surface area contributed by atoms with Crippen molar-refractivity contribution in [3.05, 3.63) is 21.4 Å². The summed E-state index contributed by atoms with van der Waals surface area (Å²) in [4.78, 5) is 3.30. The van der Waals surface area contributed by atoms with Gasteiger partial charge in [-0.15, -0.1) is 11.3 Å². The van der Waals surface area contributed by atoms with Crippen molar-refractivity contribution in [1.82, 2.24) is 5.32 Å². The van der Waals surface area contributed by atoms with Gasteiger partial charge in [-0.2, -0.15) is 0 Å². The summed E-state index contributed by atoms with van der Waals surface area (Å²) in [6.45, 7) is 2.43. The molecule has 0 aliphatic heterocycles. The number of hydrogen-bond acceptors (Lipinski definition) is 2. The molecule has 0 aromatic carbocycles. The monoisotopic (exact) mass is 277 g/mol. The molecule has 0 bridgehead atoms. The van der Waals surface area contributed by atoms with Crippen molar-refractivity contribution >= 4 is 11.3 Å². The molecule has 1 aromatic heterocycles. The number of nitrogens with one attached hydrogen (secondary N) is 1. The van der Waals surface area contributed by atoms with Crippen molar-refractivity contribution in [2.45, 2.75) is 64.3 Å². The Labute approximate surface area is 121 Å². The lowest BCUT2D eigenvalue weighted by Crippen LogP contribution is -2.28. The van der Waals surface area contributed by atoms with Crippen molar-refractivity contribution in [2.75, 3.05) is 7.05 Å². The molecule has 1 nitrogen and oxygen atoms in total. The first-order chi connectivity index (χ1) is 9.28. The standard InChI is InChI=1S/C17H27NS/c1-12-6-5-8-14(10-12)17(18-2)16-11-13-7-3-4-9-15(13)19-16/h11-12,14,17-18H,3-10H2,1-2H3. The number of thiophene rings is 1. The summed E-state index contributed by atoms with van der Waals surface area (Å²) in [6.07, 6.45) is 11.1. The van der Waals surface area contributed by atoms with Gasteiger partial charge >= 0.3 is 0 Å². The van der Waals surface area contributed by atoms with Gasteiger partial charge in [-0.05, 0) is 69.0 Å². The second-order valence-electron chi connectivity index (χ2n) is 6.60. The Hall–Kier alpha value is -0.340. The summed E-state index contributed by atoms with van der Waals surface area (Å²) in [5, 5.41) is 3.63. The molecule has 0 spiro atoms. The summed E-state index contributed by atoms with van der Waals surface area (Å²) in [6, 6.07) is 3.14. The predicted molar refractivity (Wildman–Crippen MR) is 83.9 cm³/mol. The molecule has 1 aromatic rings. The van der Waals surface area contributed by atoms with E-state index in [2.05, 4.69) is 36.7 Å². The molecule has 0 saturated heterocycles. The lowest BCUT2D eigenvalue weighted by molar-refractivity contribution is 0.232. The molecule has 2 heteroatoms. The maximum Gasteiger partial charge on any atom is 0.0441 e. The zero-order valence-corrected chi connectivity index (χ0v) is 13.2. The molecule has 3 rings (SSSR count). The molecule has 1 N–H and O–H groups in total. The summed E-state index contributed by atoms with van der Waals surface area (Å²) < 4.78 is 0. The highest BCUT2D eigenvalue weighted by molar-refractivity contribution is 7.12. The van der Waals surface area contributed by atoms with Crippen LogP contribution in [0.15, 0.2) is 6.07 Å². The van der Waals surface area contributed by atoms with Crippen molar-refractivity contribution in [3.8, 4) is 0 Å². The smallest absolute Gasteiger partial charge is 0.0441 e. The van der Waals surface area contributed by atoms with Crippen molar-refractivity contribution in [1.29, 1.82) is 0 Å². The Morgan fingerprint density at radius 2 is 2.05 bits per heavy atom. The molecule has 3 unspecified atom stereocenters. The quantitative estimate of drug-likeness (QED) is 0.843. The van der Waals surface area contributed by atoms with Gasteiger partial charge in [0.15, 0.2) is 0 Å². The average molecular weight is 277 g/mol. The van der Waals surface area contributed by atoms with E-state index in [4.69, 9.17) is 0 Å². The lowest BCUT2D eigenvalue weighted by atomic mass is 9.78. The highest BCUT2D eigenvalue weighted by Gasteiger charge is 2.28. The molecule has 19 heavy (non-hydrogen) atoms. The van der Waals surface area contributed by atoms with Crippen molar-refractivity contribution in [3.63, 3.8) is 0 Å². The summed E-state index contributed by atoms with van der Waals surface area (Å²) in [5.74, 6) is 1.78. The van der Waals surface area contributed by atoms with Crippen LogP contribution >= 0.6 is 11.3 Å². The molecule has 1 fully saturated rings. The van der Waals surface area contributed by atoms with Crippen LogP contribution in [0.5, 0.6) is 0 Å². The highest BCUT2D eigenvalue weighted by Crippen LogP contribution is 2.41. The van der Waals surface area contributed by atoms with E-state index in [9.17, 15) is 0 Å². The van der Waals surface area contributed by atoms with Gasteiger partial charge in [0.25, 0.3) is 0 Å². The molecule has 0 amide bonds. The average Bonchev–Trinajstić information content (AvgIpc) is 2.83. The third-order valence-corrected chi connectivity index (χ3v) is 6.40. The summed E-state index contributed by atoms with van der Waals surface area (Å²) in [5.41, 5.74) is 1.66. The molecular weight excluding hydrogens is 250 g/mol. The molecule has 2 aliphatic rings. The lowest BCUT2D eigenvalue weighted by Gasteiger charge is -2.32. The minimum Gasteiger partial charge on any atom is -0.312 e. The van der Waals surface area contributed by atoms with Gasteiger partial charge in [-0.3, -0.25) is 0 Å². The van der Waals surface area contributed by atoms with Crippen LogP contribution in [0, 0.1) is 11.8 Å². The van der Waals surface area contributed by atoms with Gasteiger partial charge in [0.05, 0.1) is 0 Å². The SMILES string of the molecule is CNC(c1cc2c(s1)CCCC2)C1CCCC(C)C1. The van der Waals surface area contributed by atoms with Crippen LogP contribution in [-0.4, -0.2) is 7.05 Å². The number of rotatable bonds is 3. The predicted octanol–water partition coefficient (Wildman–Crippen LogP) is 4.71. The molecule has 106 valence electrons. The van der Waals surface area contributed by atoms with Crippen LogP contribution in [0.3, 0.4) is 0 Å². The Morgan fingerprint density at radius 1 is 1.21 bits per heavy atom. The van der Waals surface area contributed by atoms with E-state index >= 15 is 0 Å². The van der Waals surface area contributed by atoms with Crippen LogP contribution in [-0.2, 0) is 12.8 Å². The number of aryl methyl sites for hydroxylation is 2. The van der Waals surface area contributed by atoms with Crippen LogP contribution in [0.4, 0.5) is 0 Å². The molecule has 2 aliphatic carbocycles. The van der Waals surface area contributed by atoms with Gasteiger partial charge in [-0.1, -0.05) is 19.8 Å². The maximum atomic E-state index is 3.63. The van der Waals surface area contributed by atoms with Crippen LogP contribution in [0.2, 0.25) is 0 Å². The van der Waals surface area contributed by atoms with E-state index in [1.165, 1.54) is 51.4 Å². The van der Waals surface area contributed by atoms with Gasteiger partial charge < -0.3 is 5.32 Å². The minimum absolute atomic E-state index is 0.610. The van der Waals surface area contributed by atoms with Gasteiger partial charge in [-0.25, -0.2) is 0 Å². The van der Waals surface area contributed by atoms with Gasteiger partial charge in [0.1, 0.15) is 0 Å². The van der Waals surface area contributed by atoms with E-state index in [0.717, 1.165) is 11.8 Å². The molecule has 1 saturated carbocycles. The molecular formula is C17H27NS. The minimum atomic E-state index is 0.610. The largest absolute Gasteiger partial charge is 0.312 e. The first-order valence-electron chi connectivity index (χ1n) is 8.06. The molecule has 1 heterocycles. The van der Waals surface area contributed by atoms with E-state index in [1.54, 1.807) is 15.3 Å². The molecule has 0 radical (unpaired) electrons. The van der Waals surface area contributed by atoms with Crippen molar-refractivity contribution in [2.24, 2.45) is 11.8 Å². The Balaban J connectivity index is 1.79. The Morgan fingerprint density at radius 3 is 2.79 bits per heavy atom. The second kappa shape index (κ2) is 5.97. The third-order valence-electron chi connectivity index (χ3n) is 5.08. The number of fused-ring (bicyclic) bond motifs is 1. The fourth-order valence-electron chi connectivity index (χ4n) is 4.06. The van der Waals surface area contributed by atoms with Gasteiger partial charge in [0, 0.05) is 15.8 Å². The Kier molecular flexibility index (Phi) is 4.28. The van der Waals surface area contributed by atoms with E-state index in [0.29, 0.717) is 6.04 Å².